The molecule has 0 amide bonds. The number of aromatic carboxylic acids is 1. The van der Waals surface area contributed by atoms with E-state index >= 15 is 0 Å². The van der Waals surface area contributed by atoms with Gasteiger partial charge in [-0.05, 0) is 0 Å². The minimum atomic E-state index is -1.03. The SMILES string of the molecule is Cn1nncc1-c1[nH]ncc1C(=O)O. The number of carboxylic acids is 1. The van der Waals surface area contributed by atoms with Gasteiger partial charge in [0.2, 0.25) is 0 Å². The number of aromatic nitrogens is 5. The minimum Gasteiger partial charge on any atom is -0.478 e. The van der Waals surface area contributed by atoms with Crippen molar-refractivity contribution >= 4 is 5.97 Å². The summed E-state index contributed by atoms with van der Waals surface area (Å²) >= 11 is 0. The molecule has 0 radical (unpaired) electrons. The van der Waals surface area contributed by atoms with Crippen LogP contribution >= 0.6 is 0 Å². The highest BCUT2D eigenvalue weighted by molar-refractivity contribution is 5.93. The molecule has 0 atom stereocenters. The summed E-state index contributed by atoms with van der Waals surface area (Å²) in [6.07, 6.45) is 2.73. The summed E-state index contributed by atoms with van der Waals surface area (Å²) in [6.45, 7) is 0. The van der Waals surface area contributed by atoms with Crippen LogP contribution < -0.4 is 0 Å². The molecule has 0 saturated carbocycles. The van der Waals surface area contributed by atoms with E-state index in [0.29, 0.717) is 11.4 Å². The zero-order chi connectivity index (χ0) is 10.1. The maximum Gasteiger partial charge on any atom is 0.339 e. The van der Waals surface area contributed by atoms with Gasteiger partial charge in [-0.2, -0.15) is 5.10 Å². The van der Waals surface area contributed by atoms with Crippen molar-refractivity contribution in [3.63, 3.8) is 0 Å². The van der Waals surface area contributed by atoms with Gasteiger partial charge in [0.25, 0.3) is 0 Å². The average Bonchev–Trinajstić information content (AvgIpc) is 2.70. The molecular weight excluding hydrogens is 186 g/mol. The summed E-state index contributed by atoms with van der Waals surface area (Å²) in [7, 11) is 1.68. The number of aromatic amines is 1. The number of hydrogen-bond acceptors (Lipinski definition) is 4. The Balaban J connectivity index is 2.57. The van der Waals surface area contributed by atoms with Crippen LogP contribution in [0.3, 0.4) is 0 Å². The fourth-order valence-corrected chi connectivity index (χ4v) is 1.16. The van der Waals surface area contributed by atoms with Crippen LogP contribution in [0.4, 0.5) is 0 Å². The van der Waals surface area contributed by atoms with Crippen LogP contribution in [0.5, 0.6) is 0 Å². The molecule has 2 rings (SSSR count). The number of nitrogens with zero attached hydrogens (tertiary/aromatic N) is 4. The lowest BCUT2D eigenvalue weighted by Gasteiger charge is -1.97. The van der Waals surface area contributed by atoms with Crippen molar-refractivity contribution in [3.8, 4) is 11.4 Å². The van der Waals surface area contributed by atoms with E-state index in [-0.39, 0.29) is 5.56 Å². The Kier molecular flexibility index (Phi) is 1.77. The highest BCUT2D eigenvalue weighted by Gasteiger charge is 2.16. The Morgan fingerprint density at radius 2 is 2.36 bits per heavy atom. The fourth-order valence-electron chi connectivity index (χ4n) is 1.16. The van der Waals surface area contributed by atoms with Gasteiger partial charge in [-0.15, -0.1) is 5.10 Å². The van der Waals surface area contributed by atoms with E-state index < -0.39 is 5.97 Å². The predicted octanol–water partition coefficient (Wildman–Crippen LogP) is -0.0966. The summed E-state index contributed by atoms with van der Waals surface area (Å²) in [5.41, 5.74) is 1.10. The van der Waals surface area contributed by atoms with Crippen LogP contribution in [0.25, 0.3) is 11.4 Å². The second-order valence-corrected chi connectivity index (χ2v) is 2.71. The van der Waals surface area contributed by atoms with Crippen molar-refractivity contribution in [2.45, 2.75) is 0 Å². The summed E-state index contributed by atoms with van der Waals surface area (Å²) in [5.74, 6) is -1.03. The topological polar surface area (TPSA) is 96.7 Å². The predicted molar refractivity (Wildman–Crippen MR) is 45.5 cm³/mol. The zero-order valence-electron chi connectivity index (χ0n) is 7.30. The highest BCUT2D eigenvalue weighted by atomic mass is 16.4. The molecule has 0 unspecified atom stereocenters. The number of H-pyrrole nitrogens is 1. The second kappa shape index (κ2) is 2.95. The number of nitrogens with one attached hydrogen (secondary N) is 1. The van der Waals surface area contributed by atoms with Crippen LogP contribution in [0.1, 0.15) is 10.4 Å². The number of carbonyl (C=O) groups is 1. The third-order valence-electron chi connectivity index (χ3n) is 1.84. The first-order valence-corrected chi connectivity index (χ1v) is 3.82. The molecule has 0 aliphatic rings. The van der Waals surface area contributed by atoms with E-state index in [1.807, 2.05) is 0 Å². The van der Waals surface area contributed by atoms with Crippen LogP contribution in [-0.4, -0.2) is 36.3 Å². The smallest absolute Gasteiger partial charge is 0.339 e. The van der Waals surface area contributed by atoms with Crippen LogP contribution in [0.15, 0.2) is 12.4 Å². The van der Waals surface area contributed by atoms with Crippen molar-refractivity contribution in [1.29, 1.82) is 0 Å². The van der Waals surface area contributed by atoms with Gasteiger partial charge in [-0.25, -0.2) is 9.48 Å². The molecule has 0 spiro atoms. The van der Waals surface area contributed by atoms with E-state index in [1.165, 1.54) is 17.1 Å². The molecule has 0 saturated heterocycles. The van der Waals surface area contributed by atoms with Crippen molar-refractivity contribution in [3.05, 3.63) is 18.0 Å². The molecule has 7 heteroatoms. The maximum atomic E-state index is 10.8. The molecule has 0 aromatic carbocycles. The Bertz CT molecular complexity index is 472. The van der Waals surface area contributed by atoms with Crippen LogP contribution in [-0.2, 0) is 7.05 Å². The average molecular weight is 193 g/mol. The first kappa shape index (κ1) is 8.42. The monoisotopic (exact) mass is 193 g/mol. The summed E-state index contributed by atoms with van der Waals surface area (Å²) < 4.78 is 1.47. The van der Waals surface area contributed by atoms with E-state index in [2.05, 4.69) is 20.5 Å². The van der Waals surface area contributed by atoms with Crippen molar-refractivity contribution in [1.82, 2.24) is 25.2 Å². The Morgan fingerprint density at radius 1 is 1.57 bits per heavy atom. The van der Waals surface area contributed by atoms with Gasteiger partial charge in [0, 0.05) is 7.05 Å². The van der Waals surface area contributed by atoms with E-state index in [4.69, 9.17) is 5.11 Å². The van der Waals surface area contributed by atoms with E-state index in [9.17, 15) is 4.79 Å². The normalized spacial score (nSPS) is 10.4. The van der Waals surface area contributed by atoms with Gasteiger partial charge in [-0.1, -0.05) is 5.21 Å². The molecule has 0 bridgehead atoms. The molecule has 2 N–H and O–H groups in total. The molecule has 2 aromatic rings. The maximum absolute atomic E-state index is 10.8. The third-order valence-corrected chi connectivity index (χ3v) is 1.84. The Labute approximate surface area is 78.4 Å². The Hall–Kier alpha value is -2.18. The van der Waals surface area contributed by atoms with Crippen molar-refractivity contribution in [2.75, 3.05) is 0 Å². The highest BCUT2D eigenvalue weighted by Crippen LogP contribution is 2.18. The Morgan fingerprint density at radius 3 is 2.93 bits per heavy atom. The van der Waals surface area contributed by atoms with Crippen molar-refractivity contribution in [2.24, 2.45) is 7.05 Å². The molecule has 2 aromatic heterocycles. The van der Waals surface area contributed by atoms with Gasteiger partial charge in [-0.3, -0.25) is 5.10 Å². The van der Waals surface area contributed by atoms with Crippen molar-refractivity contribution < 1.29 is 9.90 Å². The third kappa shape index (κ3) is 1.15. The van der Waals surface area contributed by atoms with Gasteiger partial charge in [0.1, 0.15) is 11.3 Å². The summed E-state index contributed by atoms with van der Waals surface area (Å²) in [5, 5.41) is 22.4. The molecule has 14 heavy (non-hydrogen) atoms. The lowest BCUT2D eigenvalue weighted by molar-refractivity contribution is 0.0698. The molecule has 0 aliphatic carbocycles. The van der Waals surface area contributed by atoms with Gasteiger partial charge >= 0.3 is 5.97 Å². The molecule has 2 heterocycles. The zero-order valence-corrected chi connectivity index (χ0v) is 7.30. The molecular formula is C7H7N5O2. The van der Waals surface area contributed by atoms with Gasteiger partial charge in [0.05, 0.1) is 18.1 Å². The first-order valence-electron chi connectivity index (χ1n) is 3.82. The van der Waals surface area contributed by atoms with Crippen LogP contribution in [0, 0.1) is 0 Å². The number of carboxylic acid groups (broad SMARTS) is 1. The summed E-state index contributed by atoms with van der Waals surface area (Å²) in [6, 6.07) is 0. The number of aryl methyl sites for hydroxylation is 1. The molecule has 72 valence electrons. The van der Waals surface area contributed by atoms with Gasteiger partial charge in [0.15, 0.2) is 0 Å². The number of hydrogen-bond donors (Lipinski definition) is 2. The largest absolute Gasteiger partial charge is 0.478 e. The van der Waals surface area contributed by atoms with E-state index in [0.717, 1.165) is 0 Å². The second-order valence-electron chi connectivity index (χ2n) is 2.71. The quantitative estimate of drug-likeness (QED) is 0.694. The standard InChI is InChI=1S/C7H7N5O2/c1-12-5(3-9-11-12)6-4(7(13)14)2-8-10-6/h2-3H,1H3,(H,8,10)(H,13,14). The first-order chi connectivity index (χ1) is 6.70. The fraction of sp³-hybridized carbons (Fsp3) is 0.143. The van der Waals surface area contributed by atoms with Crippen LogP contribution in [0.2, 0.25) is 0 Å². The van der Waals surface area contributed by atoms with Gasteiger partial charge < -0.3 is 5.11 Å². The number of rotatable bonds is 2. The molecule has 7 nitrogen and oxygen atoms in total. The summed E-state index contributed by atoms with van der Waals surface area (Å²) in [4.78, 5) is 10.8. The molecule has 0 aliphatic heterocycles. The molecule has 0 fully saturated rings. The lowest BCUT2D eigenvalue weighted by atomic mass is 10.2. The minimum absolute atomic E-state index is 0.107. The van der Waals surface area contributed by atoms with E-state index in [1.54, 1.807) is 7.05 Å². The lowest BCUT2D eigenvalue weighted by Crippen LogP contribution is -2.00.